The topological polar surface area (TPSA) is 73.1 Å². The van der Waals surface area contributed by atoms with E-state index < -0.39 is 0 Å². The molecule has 2 fully saturated rings. The number of nitrogens with zero attached hydrogens (tertiary/aromatic N) is 2. The van der Waals surface area contributed by atoms with E-state index >= 15 is 0 Å². The maximum atomic E-state index is 5.98. The van der Waals surface area contributed by atoms with Crippen molar-refractivity contribution in [2.45, 2.75) is 51.2 Å². The van der Waals surface area contributed by atoms with Gasteiger partial charge < -0.3 is 15.8 Å². The van der Waals surface area contributed by atoms with Gasteiger partial charge in [-0.25, -0.2) is 9.97 Å². The fraction of sp³-hybridized carbons (Fsp3) is 0.714. The maximum absolute atomic E-state index is 5.98. The van der Waals surface area contributed by atoms with Crippen molar-refractivity contribution >= 4 is 11.6 Å². The number of hydrogen-bond donors (Lipinski definition) is 2. The minimum absolute atomic E-state index is 0.311. The van der Waals surface area contributed by atoms with Crippen LogP contribution in [-0.2, 0) is 4.74 Å². The molecule has 3 rings (SSSR count). The molecule has 2 aliphatic rings. The highest BCUT2D eigenvalue weighted by Crippen LogP contribution is 2.40. The Labute approximate surface area is 114 Å². The second kappa shape index (κ2) is 4.96. The van der Waals surface area contributed by atoms with Crippen LogP contribution in [0.25, 0.3) is 0 Å². The summed E-state index contributed by atoms with van der Waals surface area (Å²) in [5, 5.41) is 3.55. The van der Waals surface area contributed by atoms with Gasteiger partial charge in [-0.3, -0.25) is 0 Å². The van der Waals surface area contributed by atoms with Crippen LogP contribution in [0.15, 0.2) is 6.33 Å². The zero-order valence-electron chi connectivity index (χ0n) is 11.6. The van der Waals surface area contributed by atoms with Crippen molar-refractivity contribution in [3.63, 3.8) is 0 Å². The number of nitrogens with two attached hydrogens (primary N) is 1. The van der Waals surface area contributed by atoms with Gasteiger partial charge in [0.25, 0.3) is 0 Å². The Balaban J connectivity index is 1.80. The van der Waals surface area contributed by atoms with Crippen molar-refractivity contribution in [1.29, 1.82) is 0 Å². The minimum Gasteiger partial charge on any atom is -0.383 e. The van der Waals surface area contributed by atoms with E-state index in [4.69, 9.17) is 10.5 Å². The quantitative estimate of drug-likeness (QED) is 0.870. The van der Waals surface area contributed by atoms with Crippen LogP contribution in [0.3, 0.4) is 0 Å². The van der Waals surface area contributed by atoms with Gasteiger partial charge in [0.05, 0.1) is 12.1 Å². The van der Waals surface area contributed by atoms with Crippen molar-refractivity contribution in [2.24, 2.45) is 5.92 Å². The summed E-state index contributed by atoms with van der Waals surface area (Å²) in [6.07, 6.45) is 5.52. The third kappa shape index (κ3) is 2.52. The molecule has 104 valence electrons. The van der Waals surface area contributed by atoms with Gasteiger partial charge in [0.2, 0.25) is 0 Å². The molecular weight excluding hydrogens is 240 g/mol. The van der Waals surface area contributed by atoms with Gasteiger partial charge in [0.15, 0.2) is 0 Å². The molecule has 0 amide bonds. The molecule has 0 spiro atoms. The number of aromatic nitrogens is 2. The molecule has 3 N–H and O–H groups in total. The average Bonchev–Trinajstić information content (AvgIpc) is 3.10. The second-order valence-electron chi connectivity index (χ2n) is 5.89. The fourth-order valence-corrected chi connectivity index (χ4v) is 2.92. The largest absolute Gasteiger partial charge is 0.383 e. The SMILES string of the molecule is CC(C)c1c(N)ncnc1NC1CCOC1C1CC1. The Morgan fingerprint density at radius 3 is 2.79 bits per heavy atom. The molecule has 0 bridgehead atoms. The second-order valence-corrected chi connectivity index (χ2v) is 5.89. The first kappa shape index (κ1) is 12.7. The zero-order chi connectivity index (χ0) is 13.4. The standard InChI is InChI=1S/C14H22N4O/c1-8(2)11-13(15)16-7-17-14(11)18-10-5-6-19-12(10)9-3-4-9/h7-10,12H,3-6H2,1-2H3,(H3,15,16,17,18). The number of hydrogen-bond acceptors (Lipinski definition) is 5. The summed E-state index contributed by atoms with van der Waals surface area (Å²) in [6.45, 7) is 5.07. The molecule has 1 aromatic rings. The van der Waals surface area contributed by atoms with E-state index in [0.717, 1.165) is 30.3 Å². The van der Waals surface area contributed by atoms with E-state index in [1.54, 1.807) is 0 Å². The van der Waals surface area contributed by atoms with Gasteiger partial charge >= 0.3 is 0 Å². The number of anilines is 2. The summed E-state index contributed by atoms with van der Waals surface area (Å²) in [6, 6.07) is 0.360. The van der Waals surface area contributed by atoms with Crippen molar-refractivity contribution in [1.82, 2.24) is 9.97 Å². The highest BCUT2D eigenvalue weighted by atomic mass is 16.5. The van der Waals surface area contributed by atoms with E-state index in [1.807, 2.05) is 0 Å². The molecule has 1 aliphatic carbocycles. The molecule has 0 radical (unpaired) electrons. The van der Waals surface area contributed by atoms with Crippen LogP contribution in [0.2, 0.25) is 0 Å². The lowest BCUT2D eigenvalue weighted by molar-refractivity contribution is 0.0898. The number of ether oxygens (including phenoxy) is 1. The fourth-order valence-electron chi connectivity index (χ4n) is 2.92. The van der Waals surface area contributed by atoms with E-state index in [9.17, 15) is 0 Å². The summed E-state index contributed by atoms with van der Waals surface area (Å²) < 4.78 is 5.86. The average molecular weight is 262 g/mol. The molecular formula is C14H22N4O. The summed E-state index contributed by atoms with van der Waals surface area (Å²) in [7, 11) is 0. The third-order valence-corrected chi connectivity index (χ3v) is 4.04. The van der Waals surface area contributed by atoms with Crippen molar-refractivity contribution in [3.8, 4) is 0 Å². The molecule has 1 aromatic heterocycles. The minimum atomic E-state index is 0.311. The zero-order valence-corrected chi connectivity index (χ0v) is 11.6. The van der Waals surface area contributed by atoms with Gasteiger partial charge in [-0.15, -0.1) is 0 Å². The lowest BCUT2D eigenvalue weighted by Gasteiger charge is -2.22. The van der Waals surface area contributed by atoms with Crippen LogP contribution < -0.4 is 11.1 Å². The van der Waals surface area contributed by atoms with E-state index in [0.29, 0.717) is 23.9 Å². The molecule has 5 heteroatoms. The lowest BCUT2D eigenvalue weighted by atomic mass is 10.0. The van der Waals surface area contributed by atoms with Crippen LogP contribution in [0.4, 0.5) is 11.6 Å². The van der Waals surface area contributed by atoms with Crippen molar-refractivity contribution in [3.05, 3.63) is 11.9 Å². The van der Waals surface area contributed by atoms with Crippen LogP contribution in [0, 0.1) is 5.92 Å². The molecule has 1 saturated carbocycles. The molecule has 2 heterocycles. The Hall–Kier alpha value is -1.36. The number of rotatable bonds is 4. The molecule has 19 heavy (non-hydrogen) atoms. The normalized spacial score (nSPS) is 26.9. The number of nitrogen functional groups attached to an aromatic ring is 1. The van der Waals surface area contributed by atoms with Gasteiger partial charge in [-0.2, -0.15) is 0 Å². The molecule has 1 saturated heterocycles. The van der Waals surface area contributed by atoms with Crippen LogP contribution in [0.1, 0.15) is 44.6 Å². The first-order valence-corrected chi connectivity index (χ1v) is 7.15. The van der Waals surface area contributed by atoms with Gasteiger partial charge in [0, 0.05) is 12.2 Å². The van der Waals surface area contributed by atoms with Gasteiger partial charge in [0.1, 0.15) is 18.0 Å². The monoisotopic (exact) mass is 262 g/mol. The highest BCUT2D eigenvalue weighted by Gasteiger charge is 2.41. The highest BCUT2D eigenvalue weighted by molar-refractivity contribution is 5.57. The Morgan fingerprint density at radius 1 is 1.32 bits per heavy atom. The smallest absolute Gasteiger partial charge is 0.135 e. The van der Waals surface area contributed by atoms with Crippen LogP contribution in [-0.4, -0.2) is 28.7 Å². The summed E-state index contributed by atoms with van der Waals surface area (Å²) in [5.41, 5.74) is 7.00. The number of nitrogens with one attached hydrogen (secondary N) is 1. The third-order valence-electron chi connectivity index (χ3n) is 4.04. The van der Waals surface area contributed by atoms with E-state index in [2.05, 4.69) is 29.1 Å². The summed E-state index contributed by atoms with van der Waals surface area (Å²) in [4.78, 5) is 8.48. The van der Waals surface area contributed by atoms with Crippen LogP contribution >= 0.6 is 0 Å². The first-order valence-electron chi connectivity index (χ1n) is 7.15. The van der Waals surface area contributed by atoms with Gasteiger partial charge in [-0.1, -0.05) is 13.8 Å². The predicted molar refractivity (Wildman–Crippen MR) is 75.0 cm³/mol. The summed E-state index contributed by atoms with van der Waals surface area (Å²) in [5.74, 6) is 2.50. The maximum Gasteiger partial charge on any atom is 0.135 e. The molecule has 2 atom stereocenters. The Bertz CT molecular complexity index is 459. The Kier molecular flexibility index (Phi) is 3.31. The molecule has 2 unspecified atom stereocenters. The molecule has 1 aliphatic heterocycles. The van der Waals surface area contributed by atoms with Crippen molar-refractivity contribution in [2.75, 3.05) is 17.7 Å². The Morgan fingerprint density at radius 2 is 2.11 bits per heavy atom. The predicted octanol–water partition coefficient (Wildman–Crippen LogP) is 2.16. The van der Waals surface area contributed by atoms with E-state index in [1.165, 1.54) is 19.2 Å². The van der Waals surface area contributed by atoms with E-state index in [-0.39, 0.29) is 0 Å². The van der Waals surface area contributed by atoms with Crippen molar-refractivity contribution < 1.29 is 4.74 Å². The summed E-state index contributed by atoms with van der Waals surface area (Å²) >= 11 is 0. The lowest BCUT2D eigenvalue weighted by Crippen LogP contribution is -2.32. The van der Waals surface area contributed by atoms with Gasteiger partial charge in [-0.05, 0) is 31.1 Å². The first-order chi connectivity index (χ1) is 9.16. The van der Waals surface area contributed by atoms with Crippen LogP contribution in [0.5, 0.6) is 0 Å². The molecule has 5 nitrogen and oxygen atoms in total. The molecule has 0 aromatic carbocycles.